The Morgan fingerprint density at radius 1 is 1.03 bits per heavy atom. The summed E-state index contributed by atoms with van der Waals surface area (Å²) in [5.41, 5.74) is 4.74. The number of nitrogens with zero attached hydrogens (tertiary/aromatic N) is 5. The Labute approximate surface area is 211 Å². The Morgan fingerprint density at radius 2 is 1.78 bits per heavy atom. The summed E-state index contributed by atoms with van der Waals surface area (Å²) in [7, 11) is 0. The Hall–Kier alpha value is -4.07. The van der Waals surface area contributed by atoms with Gasteiger partial charge in [0.2, 0.25) is 11.8 Å². The molecular formula is C28H32N6O2. The number of amides is 2. The van der Waals surface area contributed by atoms with Crippen LogP contribution in [0.4, 0.5) is 5.69 Å². The van der Waals surface area contributed by atoms with E-state index in [1.807, 2.05) is 62.4 Å². The monoisotopic (exact) mass is 484 g/mol. The first-order valence-corrected chi connectivity index (χ1v) is 12.2. The second-order valence-corrected chi connectivity index (χ2v) is 9.51. The molecule has 0 bridgehead atoms. The van der Waals surface area contributed by atoms with Crippen molar-refractivity contribution in [3.63, 3.8) is 0 Å². The number of fused-ring (bicyclic) bond motifs is 1. The molecule has 0 saturated carbocycles. The summed E-state index contributed by atoms with van der Waals surface area (Å²) in [4.78, 5) is 33.5. The number of hydrogen-bond donors (Lipinski definition) is 1. The van der Waals surface area contributed by atoms with E-state index in [1.54, 1.807) is 28.0 Å². The van der Waals surface area contributed by atoms with Crippen LogP contribution in [0.15, 0.2) is 67.0 Å². The predicted octanol–water partition coefficient (Wildman–Crippen LogP) is 4.38. The van der Waals surface area contributed by atoms with E-state index in [0.29, 0.717) is 29.2 Å². The van der Waals surface area contributed by atoms with E-state index in [2.05, 4.69) is 34.5 Å². The smallest absolute Gasteiger partial charge is 0.249 e. The van der Waals surface area contributed by atoms with Crippen molar-refractivity contribution < 1.29 is 9.59 Å². The first-order valence-electron chi connectivity index (χ1n) is 12.2. The van der Waals surface area contributed by atoms with E-state index < -0.39 is 6.04 Å². The van der Waals surface area contributed by atoms with Crippen LogP contribution in [-0.4, -0.2) is 38.3 Å². The topological polar surface area (TPSA) is 93.0 Å². The largest absolute Gasteiger partial charge is 0.354 e. The van der Waals surface area contributed by atoms with Crippen molar-refractivity contribution in [2.24, 2.45) is 5.92 Å². The molecule has 4 aromatic rings. The zero-order valence-corrected chi connectivity index (χ0v) is 21.2. The molecule has 0 unspecified atom stereocenters. The molecule has 1 N–H and O–H groups in total. The van der Waals surface area contributed by atoms with Crippen LogP contribution in [0.3, 0.4) is 0 Å². The van der Waals surface area contributed by atoms with E-state index in [1.165, 1.54) is 0 Å². The molecule has 0 spiro atoms. The molecule has 0 radical (unpaired) electrons. The van der Waals surface area contributed by atoms with E-state index in [0.717, 1.165) is 23.1 Å². The third-order valence-electron chi connectivity index (χ3n) is 5.99. The fraction of sp³-hybridized carbons (Fsp3) is 0.321. The van der Waals surface area contributed by atoms with Gasteiger partial charge in [0.1, 0.15) is 18.1 Å². The second kappa shape index (κ2) is 11.1. The van der Waals surface area contributed by atoms with Crippen LogP contribution in [0.2, 0.25) is 0 Å². The molecule has 8 heteroatoms. The number of aryl methyl sites for hydroxylation is 2. The van der Waals surface area contributed by atoms with Crippen molar-refractivity contribution in [2.75, 3.05) is 11.4 Å². The lowest BCUT2D eigenvalue weighted by Crippen LogP contribution is -2.45. The summed E-state index contributed by atoms with van der Waals surface area (Å²) in [6, 6.07) is 16.1. The van der Waals surface area contributed by atoms with E-state index in [-0.39, 0.29) is 18.4 Å². The lowest BCUT2D eigenvalue weighted by molar-refractivity contribution is -0.127. The van der Waals surface area contributed by atoms with Crippen molar-refractivity contribution >= 4 is 28.5 Å². The Bertz CT molecular complexity index is 1330. The van der Waals surface area contributed by atoms with E-state index in [9.17, 15) is 9.59 Å². The number of rotatable bonds is 9. The molecule has 1 atom stereocenters. The predicted molar refractivity (Wildman–Crippen MR) is 140 cm³/mol. The number of pyridine rings is 1. The van der Waals surface area contributed by atoms with Crippen molar-refractivity contribution in [1.82, 2.24) is 25.3 Å². The van der Waals surface area contributed by atoms with Gasteiger partial charge in [-0.3, -0.25) is 19.5 Å². The van der Waals surface area contributed by atoms with Gasteiger partial charge in [-0.25, -0.2) is 4.68 Å². The summed E-state index contributed by atoms with van der Waals surface area (Å²) in [5, 5.41) is 11.4. The average molecular weight is 485 g/mol. The van der Waals surface area contributed by atoms with Gasteiger partial charge in [-0.1, -0.05) is 43.3 Å². The second-order valence-electron chi connectivity index (χ2n) is 9.51. The van der Waals surface area contributed by atoms with Crippen LogP contribution >= 0.6 is 0 Å². The Balaban J connectivity index is 1.77. The molecule has 36 heavy (non-hydrogen) atoms. The van der Waals surface area contributed by atoms with Gasteiger partial charge < -0.3 is 5.32 Å². The van der Waals surface area contributed by atoms with Gasteiger partial charge in [0.15, 0.2) is 0 Å². The van der Waals surface area contributed by atoms with Crippen molar-refractivity contribution in [3.8, 4) is 0 Å². The van der Waals surface area contributed by atoms with E-state index >= 15 is 0 Å². The molecule has 2 aromatic carbocycles. The van der Waals surface area contributed by atoms with Gasteiger partial charge in [-0.2, -0.15) is 0 Å². The highest BCUT2D eigenvalue weighted by atomic mass is 16.2. The Morgan fingerprint density at radius 3 is 2.47 bits per heavy atom. The minimum Gasteiger partial charge on any atom is -0.354 e. The van der Waals surface area contributed by atoms with Crippen LogP contribution in [-0.2, 0) is 16.1 Å². The standard InChI is InChI=1S/C28H32N6O2/c1-19(2)11-13-30-28(36)27(22-8-7-12-29-17-22)34(23-15-20(3)14-21(4)16-23)26(35)18-33-25-10-6-5-9-24(25)31-32-33/h5-10,12,14-17,19,27H,11,13,18H2,1-4H3,(H,30,36)/t27-/m1/s1. The van der Waals surface area contributed by atoms with Gasteiger partial charge in [0.05, 0.1) is 5.52 Å². The molecule has 0 saturated heterocycles. The number of hydrogen-bond acceptors (Lipinski definition) is 5. The van der Waals surface area contributed by atoms with Crippen LogP contribution in [0.1, 0.15) is 43.0 Å². The average Bonchev–Trinajstić information content (AvgIpc) is 3.24. The van der Waals surface area contributed by atoms with Crippen LogP contribution in [0, 0.1) is 19.8 Å². The highest BCUT2D eigenvalue weighted by Gasteiger charge is 2.33. The maximum Gasteiger partial charge on any atom is 0.249 e. The fourth-order valence-electron chi connectivity index (χ4n) is 4.30. The summed E-state index contributed by atoms with van der Waals surface area (Å²) in [6.45, 7) is 8.63. The number of benzene rings is 2. The van der Waals surface area contributed by atoms with Gasteiger partial charge >= 0.3 is 0 Å². The van der Waals surface area contributed by atoms with Gasteiger partial charge in [0, 0.05) is 30.2 Å². The highest BCUT2D eigenvalue weighted by molar-refractivity contribution is 6.01. The highest BCUT2D eigenvalue weighted by Crippen LogP contribution is 2.30. The number of carbonyl (C=O) groups is 2. The summed E-state index contributed by atoms with van der Waals surface area (Å²) in [6.07, 6.45) is 4.14. The number of carbonyl (C=O) groups excluding carboxylic acids is 2. The molecule has 0 aliphatic carbocycles. The van der Waals surface area contributed by atoms with Gasteiger partial charge in [0.25, 0.3) is 0 Å². The molecule has 2 heterocycles. The third kappa shape index (κ3) is 5.76. The number of para-hydroxylation sites is 1. The minimum atomic E-state index is -0.894. The summed E-state index contributed by atoms with van der Waals surface area (Å²) < 4.78 is 1.57. The SMILES string of the molecule is Cc1cc(C)cc(N(C(=O)Cn2nnc3ccccc32)[C@@H](C(=O)NCCC(C)C)c2cccnc2)c1. The van der Waals surface area contributed by atoms with Gasteiger partial charge in [-0.15, -0.1) is 5.10 Å². The van der Waals surface area contributed by atoms with Crippen LogP contribution in [0.5, 0.6) is 0 Å². The zero-order chi connectivity index (χ0) is 25.7. The third-order valence-corrected chi connectivity index (χ3v) is 5.99. The molecular weight excluding hydrogens is 452 g/mol. The maximum absolute atomic E-state index is 14.0. The first-order chi connectivity index (χ1) is 17.3. The maximum atomic E-state index is 14.0. The molecule has 2 aromatic heterocycles. The lowest BCUT2D eigenvalue weighted by Gasteiger charge is -2.32. The van der Waals surface area contributed by atoms with Gasteiger partial charge in [-0.05, 0) is 67.6 Å². The minimum absolute atomic E-state index is 0.0659. The molecule has 186 valence electrons. The fourth-order valence-corrected chi connectivity index (χ4v) is 4.30. The molecule has 4 rings (SSSR count). The first kappa shape index (κ1) is 25.0. The number of aromatic nitrogens is 4. The van der Waals surface area contributed by atoms with Crippen molar-refractivity contribution in [2.45, 2.75) is 46.7 Å². The molecule has 2 amide bonds. The molecule has 0 fully saturated rings. The van der Waals surface area contributed by atoms with Crippen LogP contribution in [0.25, 0.3) is 11.0 Å². The zero-order valence-electron chi connectivity index (χ0n) is 21.2. The quantitative estimate of drug-likeness (QED) is 0.381. The lowest BCUT2D eigenvalue weighted by atomic mass is 10.0. The molecule has 0 aliphatic heterocycles. The molecule has 0 aliphatic rings. The molecule has 8 nitrogen and oxygen atoms in total. The van der Waals surface area contributed by atoms with Crippen molar-refractivity contribution in [1.29, 1.82) is 0 Å². The van der Waals surface area contributed by atoms with E-state index in [4.69, 9.17) is 0 Å². The number of anilines is 1. The number of nitrogens with one attached hydrogen (secondary N) is 1. The van der Waals surface area contributed by atoms with Crippen molar-refractivity contribution in [3.05, 3.63) is 83.7 Å². The summed E-state index contributed by atoms with van der Waals surface area (Å²) >= 11 is 0. The Kier molecular flexibility index (Phi) is 7.73. The normalized spacial score (nSPS) is 12.0. The van der Waals surface area contributed by atoms with Crippen LogP contribution < -0.4 is 10.2 Å². The summed E-state index contributed by atoms with van der Waals surface area (Å²) in [5.74, 6) is -0.0805.